The Bertz CT molecular complexity index is 751. The maximum atomic E-state index is 11.8. The average molecular weight is 392 g/mol. The molecule has 6 atom stereocenters. The Morgan fingerprint density at radius 1 is 1.18 bits per heavy atom. The third kappa shape index (κ3) is 4.44. The normalized spacial score (nSPS) is 31.8. The van der Waals surface area contributed by atoms with Crippen molar-refractivity contribution in [2.45, 2.75) is 43.9 Å². The number of benzene rings is 1. The van der Waals surface area contributed by atoms with E-state index in [2.05, 4.69) is 4.79 Å². The van der Waals surface area contributed by atoms with Crippen molar-refractivity contribution >= 4 is 18.2 Å². The highest BCUT2D eigenvalue weighted by molar-refractivity contribution is 6.20. The molecule has 2 heterocycles. The number of esters is 2. The fourth-order valence-electron chi connectivity index (χ4n) is 3.18. The topological polar surface area (TPSA) is 126 Å². The molecule has 0 bridgehead atoms. The van der Waals surface area contributed by atoms with Crippen LogP contribution in [0.25, 0.3) is 5.53 Å². The van der Waals surface area contributed by atoms with E-state index in [4.69, 9.17) is 34.0 Å². The van der Waals surface area contributed by atoms with E-state index in [0.29, 0.717) is 6.21 Å². The Hall–Kier alpha value is -2.62. The van der Waals surface area contributed by atoms with Gasteiger partial charge in [0.1, 0.15) is 12.2 Å². The molecule has 0 amide bonds. The van der Waals surface area contributed by atoms with E-state index < -0.39 is 48.9 Å². The first-order valence-electron chi connectivity index (χ1n) is 8.59. The molecule has 0 N–H and O–H groups in total. The molecule has 0 radical (unpaired) electrons. The lowest BCUT2D eigenvalue weighted by atomic mass is 9.97. The minimum absolute atomic E-state index is 0.153. The summed E-state index contributed by atoms with van der Waals surface area (Å²) in [4.78, 5) is 26.1. The fraction of sp³-hybridized carbons (Fsp3) is 0.500. The summed E-state index contributed by atoms with van der Waals surface area (Å²) in [6, 6.07) is 9.22. The molecule has 1 aromatic carbocycles. The lowest BCUT2D eigenvalue weighted by Crippen LogP contribution is -2.64. The first-order chi connectivity index (χ1) is 13.5. The molecule has 2 aliphatic heterocycles. The summed E-state index contributed by atoms with van der Waals surface area (Å²) in [6.45, 7) is 1.38. The van der Waals surface area contributed by atoms with E-state index in [1.165, 1.54) is 14.0 Å². The number of hydrogen-bond donors (Lipinski definition) is 0. The molecule has 0 saturated carbocycles. The predicted octanol–water partition coefficient (Wildman–Crippen LogP) is 0.616. The molecule has 3 rings (SSSR count). The molecule has 10 heteroatoms. The van der Waals surface area contributed by atoms with Crippen molar-refractivity contribution in [2.75, 3.05) is 13.7 Å². The molecular weight excluding hydrogens is 372 g/mol. The standard InChI is InChI=1S/C18H20N2O8/c1-10(21)25-15-14-12(9-24-17(28-14)11-6-4-3-5-7-11)26-18(23-2)16(15)27-13(22)8-20-19/h3-8,12,14-18H,9H2,1-2H3/t12?,14-,15?,16?,17?,18-/m1/s1. The monoisotopic (exact) mass is 392 g/mol. The maximum Gasteiger partial charge on any atom is 0.414 e. The van der Waals surface area contributed by atoms with E-state index in [9.17, 15) is 9.59 Å². The SMILES string of the molecule is CO[C@@H]1OC2COC(c3ccccc3)O[C@H]2C(OC(C)=O)C1OC(=O)C=[N+]=[N-]. The van der Waals surface area contributed by atoms with Crippen LogP contribution in [0.1, 0.15) is 18.8 Å². The van der Waals surface area contributed by atoms with Crippen LogP contribution in [0.3, 0.4) is 0 Å². The van der Waals surface area contributed by atoms with Crippen molar-refractivity contribution in [2.24, 2.45) is 0 Å². The number of methoxy groups -OCH3 is 1. The van der Waals surface area contributed by atoms with Crippen LogP contribution in [0.4, 0.5) is 0 Å². The van der Waals surface area contributed by atoms with Crippen LogP contribution >= 0.6 is 0 Å². The summed E-state index contributed by atoms with van der Waals surface area (Å²) in [5.74, 6) is -1.55. The highest BCUT2D eigenvalue weighted by atomic mass is 16.8. The van der Waals surface area contributed by atoms with E-state index in [1.807, 2.05) is 30.3 Å². The minimum atomic E-state index is -1.14. The molecule has 150 valence electrons. The van der Waals surface area contributed by atoms with Gasteiger partial charge in [0.2, 0.25) is 0 Å². The second-order valence-electron chi connectivity index (χ2n) is 6.18. The van der Waals surface area contributed by atoms with Crippen molar-refractivity contribution in [3.63, 3.8) is 0 Å². The Morgan fingerprint density at radius 2 is 1.93 bits per heavy atom. The van der Waals surface area contributed by atoms with Crippen molar-refractivity contribution in [1.29, 1.82) is 0 Å². The van der Waals surface area contributed by atoms with Gasteiger partial charge in [-0.25, -0.2) is 4.79 Å². The fourth-order valence-corrected chi connectivity index (χ4v) is 3.18. The Kier molecular flexibility index (Phi) is 6.50. The molecular formula is C18H20N2O8. The molecule has 2 saturated heterocycles. The molecule has 0 aliphatic carbocycles. The van der Waals surface area contributed by atoms with Gasteiger partial charge in [0.25, 0.3) is 0 Å². The summed E-state index contributed by atoms with van der Waals surface area (Å²) >= 11 is 0. The predicted molar refractivity (Wildman–Crippen MR) is 90.8 cm³/mol. The van der Waals surface area contributed by atoms with Crippen LogP contribution in [-0.2, 0) is 38.0 Å². The quantitative estimate of drug-likeness (QED) is 0.309. The van der Waals surface area contributed by atoms with Gasteiger partial charge in [-0.1, -0.05) is 30.3 Å². The Balaban J connectivity index is 1.87. The average Bonchev–Trinajstić information content (AvgIpc) is 2.69. The van der Waals surface area contributed by atoms with Crippen LogP contribution in [0.2, 0.25) is 0 Å². The van der Waals surface area contributed by atoms with Gasteiger partial charge < -0.3 is 34.0 Å². The minimum Gasteiger partial charge on any atom is -0.455 e. The zero-order valence-electron chi connectivity index (χ0n) is 15.3. The van der Waals surface area contributed by atoms with Gasteiger partial charge in [0.05, 0.1) is 6.61 Å². The molecule has 4 unspecified atom stereocenters. The first kappa shape index (κ1) is 20.1. The van der Waals surface area contributed by atoms with Crippen LogP contribution < -0.4 is 0 Å². The third-order valence-corrected chi connectivity index (χ3v) is 4.31. The van der Waals surface area contributed by atoms with Crippen LogP contribution in [0.5, 0.6) is 0 Å². The number of rotatable bonds is 5. The zero-order chi connectivity index (χ0) is 20.1. The molecule has 0 aromatic heterocycles. The van der Waals surface area contributed by atoms with Crippen LogP contribution in [-0.4, -0.2) is 67.4 Å². The molecule has 28 heavy (non-hydrogen) atoms. The van der Waals surface area contributed by atoms with E-state index >= 15 is 0 Å². The van der Waals surface area contributed by atoms with Crippen molar-refractivity contribution in [3.05, 3.63) is 41.4 Å². The summed E-state index contributed by atoms with van der Waals surface area (Å²) in [7, 11) is 1.36. The zero-order valence-corrected chi connectivity index (χ0v) is 15.3. The highest BCUT2D eigenvalue weighted by Gasteiger charge is 2.53. The number of ether oxygens (including phenoxy) is 6. The van der Waals surface area contributed by atoms with Gasteiger partial charge in [0.15, 0.2) is 24.8 Å². The smallest absolute Gasteiger partial charge is 0.414 e. The summed E-state index contributed by atoms with van der Waals surface area (Å²) in [5, 5.41) is 0. The largest absolute Gasteiger partial charge is 0.455 e. The van der Waals surface area contributed by atoms with Crippen LogP contribution in [0.15, 0.2) is 30.3 Å². The molecule has 2 aliphatic rings. The van der Waals surface area contributed by atoms with Gasteiger partial charge in [-0.3, -0.25) is 4.79 Å². The number of hydrogen-bond acceptors (Lipinski definition) is 8. The summed E-state index contributed by atoms with van der Waals surface area (Å²) < 4.78 is 33.4. The third-order valence-electron chi connectivity index (χ3n) is 4.31. The maximum absolute atomic E-state index is 11.8. The van der Waals surface area contributed by atoms with Gasteiger partial charge in [-0.05, 0) is 0 Å². The number of carbonyl (C=O) groups excluding carboxylic acids is 2. The lowest BCUT2D eigenvalue weighted by Gasteiger charge is -2.47. The van der Waals surface area contributed by atoms with Gasteiger partial charge in [0, 0.05) is 19.6 Å². The summed E-state index contributed by atoms with van der Waals surface area (Å²) in [5.41, 5.74) is 9.30. The molecule has 1 aromatic rings. The van der Waals surface area contributed by atoms with Crippen molar-refractivity contribution in [1.82, 2.24) is 0 Å². The lowest BCUT2D eigenvalue weighted by molar-refractivity contribution is -0.359. The van der Waals surface area contributed by atoms with E-state index in [-0.39, 0.29) is 6.61 Å². The summed E-state index contributed by atoms with van der Waals surface area (Å²) in [6.07, 6.45) is -4.74. The van der Waals surface area contributed by atoms with E-state index in [0.717, 1.165) is 5.56 Å². The second kappa shape index (κ2) is 9.05. The number of fused-ring (bicyclic) bond motifs is 1. The van der Waals surface area contributed by atoms with Crippen molar-refractivity contribution in [3.8, 4) is 0 Å². The molecule has 0 spiro atoms. The highest BCUT2D eigenvalue weighted by Crippen LogP contribution is 2.36. The van der Waals surface area contributed by atoms with Gasteiger partial charge >= 0.3 is 18.2 Å². The van der Waals surface area contributed by atoms with Gasteiger partial charge in [-0.2, -0.15) is 4.79 Å². The van der Waals surface area contributed by atoms with Crippen molar-refractivity contribution < 1.29 is 42.8 Å². The van der Waals surface area contributed by atoms with E-state index in [1.54, 1.807) is 0 Å². The Morgan fingerprint density at radius 3 is 2.57 bits per heavy atom. The Labute approximate surface area is 160 Å². The van der Waals surface area contributed by atoms with Crippen LogP contribution in [0, 0.1) is 0 Å². The number of carbonyl (C=O) groups is 2. The molecule has 10 nitrogen and oxygen atoms in total. The molecule has 2 fully saturated rings. The van der Waals surface area contributed by atoms with Gasteiger partial charge in [-0.15, -0.1) is 0 Å². The first-order valence-corrected chi connectivity index (χ1v) is 8.59. The second-order valence-corrected chi connectivity index (χ2v) is 6.18. The number of nitrogens with zero attached hydrogens (tertiary/aromatic N) is 2.